The molecule has 108 valence electrons. The van der Waals surface area contributed by atoms with E-state index < -0.39 is 5.54 Å². The zero-order valence-corrected chi connectivity index (χ0v) is 11.5. The van der Waals surface area contributed by atoms with E-state index in [1.54, 1.807) is 0 Å². The average Bonchev–Trinajstić information content (AvgIpc) is 2.59. The van der Waals surface area contributed by atoms with Gasteiger partial charge in [0.25, 0.3) is 0 Å². The monoisotopic (exact) mass is 267 g/mol. The molecule has 0 aromatic carbocycles. The molecule has 0 radical (unpaired) electrons. The first-order valence-corrected chi connectivity index (χ1v) is 7.45. The van der Waals surface area contributed by atoms with Crippen LogP contribution in [-0.4, -0.2) is 22.5 Å². The molecule has 2 aliphatic carbocycles. The van der Waals surface area contributed by atoms with Crippen molar-refractivity contribution in [1.82, 2.24) is 5.32 Å². The van der Waals surface area contributed by atoms with E-state index in [2.05, 4.69) is 10.5 Å². The summed E-state index contributed by atoms with van der Waals surface area (Å²) in [6.07, 6.45) is 10.0. The molecule has 2 fully saturated rings. The number of nitrogens with zero attached hydrogens (tertiary/aromatic N) is 1. The van der Waals surface area contributed by atoms with E-state index in [1.807, 2.05) is 0 Å². The predicted molar refractivity (Wildman–Crippen MR) is 73.9 cm³/mol. The molecule has 4 N–H and O–H groups in total. The Morgan fingerprint density at radius 3 is 2.32 bits per heavy atom. The summed E-state index contributed by atoms with van der Waals surface area (Å²) in [6.45, 7) is 0. The van der Waals surface area contributed by atoms with Crippen molar-refractivity contribution in [1.29, 1.82) is 0 Å². The zero-order valence-electron chi connectivity index (χ0n) is 11.5. The molecule has 19 heavy (non-hydrogen) atoms. The van der Waals surface area contributed by atoms with Gasteiger partial charge in [-0.3, -0.25) is 4.79 Å². The number of hydrogen-bond donors (Lipinski definition) is 3. The van der Waals surface area contributed by atoms with Gasteiger partial charge in [-0.05, 0) is 31.6 Å². The standard InChI is InChI=1S/C14H25N3O2/c15-13(17-19)14(8-3-1-2-4-9-14)16-12(18)10-11-6-5-7-11/h11,19H,1-10H2,(H2,15,17)(H,16,18). The van der Waals surface area contributed by atoms with Crippen molar-refractivity contribution in [3.63, 3.8) is 0 Å². The minimum absolute atomic E-state index is 0.0539. The Labute approximate surface area is 114 Å². The molecule has 0 heterocycles. The van der Waals surface area contributed by atoms with Crippen LogP contribution < -0.4 is 11.1 Å². The van der Waals surface area contributed by atoms with Crippen LogP contribution >= 0.6 is 0 Å². The summed E-state index contributed by atoms with van der Waals surface area (Å²) < 4.78 is 0. The van der Waals surface area contributed by atoms with Crippen molar-refractivity contribution in [2.45, 2.75) is 69.7 Å². The number of amides is 1. The van der Waals surface area contributed by atoms with Gasteiger partial charge in [0.15, 0.2) is 5.84 Å². The lowest BCUT2D eigenvalue weighted by Gasteiger charge is -2.34. The third kappa shape index (κ3) is 3.39. The normalized spacial score (nSPS) is 24.3. The average molecular weight is 267 g/mol. The summed E-state index contributed by atoms with van der Waals surface area (Å²) in [6, 6.07) is 0. The smallest absolute Gasteiger partial charge is 0.221 e. The first-order valence-electron chi connectivity index (χ1n) is 7.45. The Bertz CT molecular complexity index is 343. The second-order valence-electron chi connectivity index (χ2n) is 6.03. The minimum atomic E-state index is -0.619. The first-order chi connectivity index (χ1) is 9.16. The summed E-state index contributed by atoms with van der Waals surface area (Å²) >= 11 is 0. The van der Waals surface area contributed by atoms with Crippen LogP contribution in [0.25, 0.3) is 0 Å². The van der Waals surface area contributed by atoms with Crippen LogP contribution in [0.15, 0.2) is 5.16 Å². The van der Waals surface area contributed by atoms with Crippen molar-refractivity contribution >= 4 is 11.7 Å². The molecule has 5 heteroatoms. The number of nitrogens with two attached hydrogens (primary N) is 1. The van der Waals surface area contributed by atoms with Gasteiger partial charge in [0, 0.05) is 6.42 Å². The van der Waals surface area contributed by atoms with E-state index >= 15 is 0 Å². The summed E-state index contributed by atoms with van der Waals surface area (Å²) in [5, 5.41) is 15.2. The Balaban J connectivity index is 2.01. The maximum absolute atomic E-state index is 12.1. The lowest BCUT2D eigenvalue weighted by Crippen LogP contribution is -2.57. The summed E-state index contributed by atoms with van der Waals surface area (Å²) in [4.78, 5) is 12.1. The zero-order chi connectivity index (χ0) is 13.7. The van der Waals surface area contributed by atoms with Gasteiger partial charge in [-0.25, -0.2) is 0 Å². The second kappa shape index (κ2) is 6.26. The number of rotatable bonds is 4. The molecule has 2 rings (SSSR count). The molecule has 2 saturated carbocycles. The van der Waals surface area contributed by atoms with E-state index in [1.165, 1.54) is 6.42 Å². The second-order valence-corrected chi connectivity index (χ2v) is 6.03. The highest BCUT2D eigenvalue weighted by atomic mass is 16.4. The van der Waals surface area contributed by atoms with Gasteiger partial charge in [-0.2, -0.15) is 0 Å². The molecule has 2 aliphatic rings. The molecule has 0 spiro atoms. The Morgan fingerprint density at radius 1 is 1.21 bits per heavy atom. The Morgan fingerprint density at radius 2 is 1.84 bits per heavy atom. The number of carbonyl (C=O) groups excluding carboxylic acids is 1. The van der Waals surface area contributed by atoms with Gasteiger partial charge in [0.05, 0.1) is 0 Å². The highest BCUT2D eigenvalue weighted by Gasteiger charge is 2.37. The van der Waals surface area contributed by atoms with Crippen LogP contribution in [-0.2, 0) is 4.79 Å². The van der Waals surface area contributed by atoms with E-state index in [4.69, 9.17) is 10.9 Å². The fourth-order valence-corrected chi connectivity index (χ4v) is 3.15. The molecule has 0 bridgehead atoms. The van der Waals surface area contributed by atoms with Crippen LogP contribution in [0.1, 0.15) is 64.2 Å². The maximum atomic E-state index is 12.1. The molecule has 0 unspecified atom stereocenters. The molecule has 0 aliphatic heterocycles. The number of amidine groups is 1. The predicted octanol–water partition coefficient (Wildman–Crippen LogP) is 2.13. The fraction of sp³-hybridized carbons (Fsp3) is 0.857. The molecule has 0 atom stereocenters. The van der Waals surface area contributed by atoms with Gasteiger partial charge in [-0.15, -0.1) is 0 Å². The fourth-order valence-electron chi connectivity index (χ4n) is 3.15. The molecule has 0 aromatic rings. The van der Waals surface area contributed by atoms with Crippen LogP contribution in [0.2, 0.25) is 0 Å². The van der Waals surface area contributed by atoms with Crippen molar-refractivity contribution < 1.29 is 10.0 Å². The largest absolute Gasteiger partial charge is 0.409 e. The number of oxime groups is 1. The van der Waals surface area contributed by atoms with Gasteiger partial charge in [0.1, 0.15) is 5.54 Å². The van der Waals surface area contributed by atoms with E-state index in [-0.39, 0.29) is 11.7 Å². The van der Waals surface area contributed by atoms with Crippen LogP contribution in [0.5, 0.6) is 0 Å². The van der Waals surface area contributed by atoms with Crippen LogP contribution in [0.4, 0.5) is 0 Å². The third-order valence-corrected chi connectivity index (χ3v) is 4.63. The molecule has 0 saturated heterocycles. The molecular formula is C14H25N3O2. The molecule has 0 aromatic heterocycles. The molecule has 1 amide bonds. The minimum Gasteiger partial charge on any atom is -0.409 e. The topological polar surface area (TPSA) is 87.7 Å². The van der Waals surface area contributed by atoms with Gasteiger partial charge < -0.3 is 16.3 Å². The highest BCUT2D eigenvalue weighted by Crippen LogP contribution is 2.31. The van der Waals surface area contributed by atoms with E-state index in [9.17, 15) is 4.79 Å². The maximum Gasteiger partial charge on any atom is 0.221 e. The van der Waals surface area contributed by atoms with Crippen LogP contribution in [0.3, 0.4) is 0 Å². The van der Waals surface area contributed by atoms with E-state index in [0.29, 0.717) is 12.3 Å². The lowest BCUT2D eigenvalue weighted by atomic mass is 9.82. The quantitative estimate of drug-likeness (QED) is 0.240. The van der Waals surface area contributed by atoms with Crippen molar-refractivity contribution in [2.75, 3.05) is 0 Å². The summed E-state index contributed by atoms with van der Waals surface area (Å²) in [5.41, 5.74) is 5.24. The molecule has 5 nitrogen and oxygen atoms in total. The molecular weight excluding hydrogens is 242 g/mol. The third-order valence-electron chi connectivity index (χ3n) is 4.63. The van der Waals surface area contributed by atoms with Crippen LogP contribution in [0, 0.1) is 5.92 Å². The first kappa shape index (κ1) is 14.2. The van der Waals surface area contributed by atoms with E-state index in [0.717, 1.165) is 51.4 Å². The van der Waals surface area contributed by atoms with Crippen molar-refractivity contribution in [2.24, 2.45) is 16.8 Å². The summed E-state index contributed by atoms with van der Waals surface area (Å²) in [7, 11) is 0. The SMILES string of the molecule is NC(=NO)C1(NC(=O)CC2CCC2)CCCCCC1. The van der Waals surface area contributed by atoms with Crippen molar-refractivity contribution in [3.05, 3.63) is 0 Å². The summed E-state index contributed by atoms with van der Waals surface area (Å²) in [5.74, 6) is 0.754. The highest BCUT2D eigenvalue weighted by molar-refractivity contribution is 5.94. The Hall–Kier alpha value is -1.26. The Kier molecular flexibility index (Phi) is 4.66. The number of carbonyl (C=O) groups is 1. The number of hydrogen-bond acceptors (Lipinski definition) is 3. The lowest BCUT2D eigenvalue weighted by molar-refractivity contribution is -0.124. The van der Waals surface area contributed by atoms with Crippen molar-refractivity contribution in [3.8, 4) is 0 Å². The number of nitrogens with one attached hydrogen (secondary N) is 1. The van der Waals surface area contributed by atoms with Gasteiger partial charge >= 0.3 is 0 Å². The van der Waals surface area contributed by atoms with Gasteiger partial charge in [-0.1, -0.05) is 37.3 Å². The van der Waals surface area contributed by atoms with Gasteiger partial charge in [0.2, 0.25) is 5.91 Å².